The first-order valence-corrected chi connectivity index (χ1v) is 6.59. The number of nitrogens with one attached hydrogen (secondary N) is 1. The predicted molar refractivity (Wildman–Crippen MR) is 82.5 cm³/mol. The zero-order chi connectivity index (χ0) is 14.8. The zero-order valence-electron chi connectivity index (χ0n) is 11.5. The molecule has 0 saturated heterocycles. The molecule has 3 aromatic rings. The summed E-state index contributed by atoms with van der Waals surface area (Å²) in [6.07, 6.45) is 3.44. The first kappa shape index (κ1) is 13.1. The van der Waals surface area contributed by atoms with Crippen molar-refractivity contribution in [3.63, 3.8) is 0 Å². The summed E-state index contributed by atoms with van der Waals surface area (Å²) in [7, 11) is 0. The number of hydrogen-bond acceptors (Lipinski definition) is 3. The molecule has 1 aromatic heterocycles. The molecule has 4 heteroatoms. The molecule has 0 bridgehead atoms. The van der Waals surface area contributed by atoms with Crippen molar-refractivity contribution < 1.29 is 9.90 Å². The van der Waals surface area contributed by atoms with Crippen molar-refractivity contribution in [2.75, 3.05) is 5.32 Å². The highest BCUT2D eigenvalue weighted by Gasteiger charge is 2.09. The zero-order valence-corrected chi connectivity index (χ0v) is 11.5. The van der Waals surface area contributed by atoms with Crippen LogP contribution in [0.3, 0.4) is 0 Å². The van der Waals surface area contributed by atoms with Crippen molar-refractivity contribution in [1.29, 1.82) is 0 Å². The number of phenolic OH excluding ortho intramolecular Hbond substituents is 1. The number of pyridine rings is 1. The number of phenols is 1. The van der Waals surface area contributed by atoms with Gasteiger partial charge in [-0.15, -0.1) is 0 Å². The van der Waals surface area contributed by atoms with Gasteiger partial charge in [0.2, 0.25) is 0 Å². The number of anilines is 1. The van der Waals surface area contributed by atoms with Crippen LogP contribution in [-0.4, -0.2) is 16.0 Å². The van der Waals surface area contributed by atoms with Gasteiger partial charge >= 0.3 is 0 Å². The lowest BCUT2D eigenvalue weighted by molar-refractivity contribution is 0.102. The number of nitrogens with zero attached hydrogens (tertiary/aromatic N) is 1. The van der Waals surface area contributed by atoms with Gasteiger partial charge in [-0.2, -0.15) is 0 Å². The van der Waals surface area contributed by atoms with Crippen LogP contribution in [0.1, 0.15) is 15.9 Å². The van der Waals surface area contributed by atoms with Crippen molar-refractivity contribution >= 4 is 22.4 Å². The highest BCUT2D eigenvalue weighted by Crippen LogP contribution is 2.23. The molecule has 0 aliphatic rings. The van der Waals surface area contributed by atoms with Gasteiger partial charge in [0.25, 0.3) is 5.91 Å². The first-order valence-electron chi connectivity index (χ1n) is 6.59. The number of benzene rings is 2. The normalized spacial score (nSPS) is 10.5. The molecule has 21 heavy (non-hydrogen) atoms. The molecule has 0 aliphatic heterocycles. The summed E-state index contributed by atoms with van der Waals surface area (Å²) in [5, 5.41) is 14.5. The molecule has 0 radical (unpaired) electrons. The Kier molecular flexibility index (Phi) is 3.28. The quantitative estimate of drug-likeness (QED) is 0.754. The van der Waals surface area contributed by atoms with Crippen molar-refractivity contribution in [2.45, 2.75) is 6.92 Å². The lowest BCUT2D eigenvalue weighted by atomic mass is 10.1. The van der Waals surface area contributed by atoms with E-state index in [0.29, 0.717) is 5.56 Å². The second-order valence-corrected chi connectivity index (χ2v) is 4.86. The molecule has 2 aromatic carbocycles. The minimum Gasteiger partial charge on any atom is -0.508 e. The summed E-state index contributed by atoms with van der Waals surface area (Å²) in [6, 6.07) is 12.4. The van der Waals surface area contributed by atoms with Gasteiger partial charge in [0.1, 0.15) is 5.75 Å². The largest absolute Gasteiger partial charge is 0.508 e. The fourth-order valence-corrected chi connectivity index (χ4v) is 2.18. The Labute approximate surface area is 122 Å². The van der Waals surface area contributed by atoms with Gasteiger partial charge < -0.3 is 10.4 Å². The van der Waals surface area contributed by atoms with E-state index < -0.39 is 0 Å². The molecule has 1 heterocycles. The van der Waals surface area contributed by atoms with Gasteiger partial charge in [-0.3, -0.25) is 9.78 Å². The van der Waals surface area contributed by atoms with E-state index in [-0.39, 0.29) is 11.7 Å². The molecular formula is C17H14N2O2. The fraction of sp³-hybridized carbons (Fsp3) is 0.0588. The van der Waals surface area contributed by atoms with Crippen LogP contribution >= 0.6 is 0 Å². The monoisotopic (exact) mass is 278 g/mol. The molecule has 0 aliphatic carbocycles. The average molecular weight is 278 g/mol. The number of rotatable bonds is 2. The number of fused-ring (bicyclic) bond motifs is 1. The molecule has 1 amide bonds. The van der Waals surface area contributed by atoms with Crippen LogP contribution in [0.4, 0.5) is 5.69 Å². The SMILES string of the molecule is Cc1ccc(C(=O)Nc2cccc3cnccc23)cc1O. The third-order valence-electron chi connectivity index (χ3n) is 3.40. The number of aryl methyl sites for hydroxylation is 1. The van der Waals surface area contributed by atoms with E-state index in [2.05, 4.69) is 10.3 Å². The molecule has 2 N–H and O–H groups in total. The maximum atomic E-state index is 12.3. The number of aromatic hydroxyl groups is 1. The van der Waals surface area contributed by atoms with Gasteiger partial charge in [-0.1, -0.05) is 18.2 Å². The van der Waals surface area contributed by atoms with Crippen LogP contribution in [0.5, 0.6) is 5.75 Å². The lowest BCUT2D eigenvalue weighted by Gasteiger charge is -2.09. The van der Waals surface area contributed by atoms with Gasteiger partial charge in [0.05, 0.1) is 0 Å². The summed E-state index contributed by atoms with van der Waals surface area (Å²) < 4.78 is 0. The fourth-order valence-electron chi connectivity index (χ4n) is 2.18. The average Bonchev–Trinajstić information content (AvgIpc) is 2.50. The Morgan fingerprint density at radius 2 is 2.05 bits per heavy atom. The second-order valence-electron chi connectivity index (χ2n) is 4.86. The third kappa shape index (κ3) is 2.56. The highest BCUT2D eigenvalue weighted by molar-refractivity contribution is 6.09. The summed E-state index contributed by atoms with van der Waals surface area (Å²) >= 11 is 0. The van der Waals surface area contributed by atoms with E-state index in [1.165, 1.54) is 6.07 Å². The number of aromatic nitrogens is 1. The predicted octanol–water partition coefficient (Wildman–Crippen LogP) is 3.50. The Morgan fingerprint density at radius 1 is 1.19 bits per heavy atom. The van der Waals surface area contributed by atoms with Crippen molar-refractivity contribution in [2.24, 2.45) is 0 Å². The number of carbonyl (C=O) groups excluding carboxylic acids is 1. The minimum absolute atomic E-state index is 0.116. The Hall–Kier alpha value is -2.88. The third-order valence-corrected chi connectivity index (χ3v) is 3.40. The van der Waals surface area contributed by atoms with Gasteiger partial charge in [-0.05, 0) is 36.8 Å². The summed E-state index contributed by atoms with van der Waals surface area (Å²) in [5.74, 6) is -0.139. The smallest absolute Gasteiger partial charge is 0.255 e. The van der Waals surface area contributed by atoms with Crippen LogP contribution < -0.4 is 5.32 Å². The highest BCUT2D eigenvalue weighted by atomic mass is 16.3. The molecule has 0 saturated carbocycles. The molecule has 104 valence electrons. The minimum atomic E-state index is -0.255. The molecule has 3 rings (SSSR count). The molecule has 0 atom stereocenters. The van der Waals surface area contributed by atoms with Gasteiger partial charge in [0, 0.05) is 34.4 Å². The number of amides is 1. The summed E-state index contributed by atoms with van der Waals surface area (Å²) in [4.78, 5) is 16.4. The maximum absolute atomic E-state index is 12.3. The van der Waals surface area contributed by atoms with E-state index in [4.69, 9.17) is 0 Å². The molecule has 0 unspecified atom stereocenters. The topological polar surface area (TPSA) is 62.2 Å². The number of carbonyl (C=O) groups is 1. The molecule has 0 spiro atoms. The van der Waals surface area contributed by atoms with Crippen molar-refractivity contribution in [3.05, 3.63) is 66.0 Å². The second kappa shape index (κ2) is 5.25. The van der Waals surface area contributed by atoms with Crippen LogP contribution in [0, 0.1) is 6.92 Å². The molecule has 0 fully saturated rings. The van der Waals surface area contributed by atoms with E-state index in [0.717, 1.165) is 22.0 Å². The number of hydrogen-bond donors (Lipinski definition) is 2. The van der Waals surface area contributed by atoms with E-state index in [9.17, 15) is 9.90 Å². The van der Waals surface area contributed by atoms with E-state index in [1.54, 1.807) is 31.5 Å². The Balaban J connectivity index is 1.94. The molecule has 4 nitrogen and oxygen atoms in total. The van der Waals surface area contributed by atoms with Crippen LogP contribution in [0.25, 0.3) is 10.8 Å². The van der Waals surface area contributed by atoms with Crippen molar-refractivity contribution in [3.8, 4) is 5.75 Å². The van der Waals surface area contributed by atoms with Crippen LogP contribution in [0.15, 0.2) is 54.9 Å². The van der Waals surface area contributed by atoms with Crippen molar-refractivity contribution in [1.82, 2.24) is 4.98 Å². The first-order chi connectivity index (χ1) is 10.1. The summed E-state index contributed by atoms with van der Waals surface area (Å²) in [5.41, 5.74) is 1.88. The standard InChI is InChI=1S/C17H14N2O2/c1-11-5-6-12(9-16(11)20)17(21)19-15-4-2-3-13-10-18-8-7-14(13)15/h2-10,20H,1H3,(H,19,21). The lowest BCUT2D eigenvalue weighted by Crippen LogP contribution is -2.12. The van der Waals surface area contributed by atoms with Gasteiger partial charge in [-0.25, -0.2) is 0 Å². The molecular weight excluding hydrogens is 264 g/mol. The summed E-state index contributed by atoms with van der Waals surface area (Å²) in [6.45, 7) is 1.79. The van der Waals surface area contributed by atoms with E-state index >= 15 is 0 Å². The van der Waals surface area contributed by atoms with E-state index in [1.807, 2.05) is 24.3 Å². The van der Waals surface area contributed by atoms with Gasteiger partial charge in [0.15, 0.2) is 0 Å². The van der Waals surface area contributed by atoms with Crippen LogP contribution in [-0.2, 0) is 0 Å². The maximum Gasteiger partial charge on any atom is 0.255 e. The Morgan fingerprint density at radius 3 is 2.86 bits per heavy atom. The Bertz CT molecular complexity index is 823. The van der Waals surface area contributed by atoms with Crippen LogP contribution in [0.2, 0.25) is 0 Å².